The van der Waals surface area contributed by atoms with Crippen molar-refractivity contribution in [2.45, 2.75) is 75.3 Å². The number of halogens is 2. The molecule has 12 rings (SSSR count). The molecule has 1 saturated carbocycles. The van der Waals surface area contributed by atoms with Gasteiger partial charge >= 0.3 is 6.01 Å². The number of aryl methyl sites for hydroxylation is 1. The monoisotopic (exact) mass is 992 g/mol. The minimum Gasteiger partial charge on any atom is -0.508 e. The second-order valence-corrected chi connectivity index (χ2v) is 21.3. The van der Waals surface area contributed by atoms with Crippen LogP contribution in [-0.4, -0.2) is 148 Å². The number of anilines is 1. The molecule has 6 fully saturated rings. The lowest BCUT2D eigenvalue weighted by atomic mass is 9.87. The quantitative estimate of drug-likeness (QED) is 0.0942. The van der Waals surface area contributed by atoms with Crippen molar-refractivity contribution in [1.82, 2.24) is 50.1 Å². The number of carbonyl (C=O) groups is 2. The van der Waals surface area contributed by atoms with Gasteiger partial charge in [-0.15, -0.1) is 6.42 Å². The normalized spacial score (nSPS) is 22.6. The van der Waals surface area contributed by atoms with Gasteiger partial charge < -0.3 is 40.0 Å². The Morgan fingerprint density at radius 3 is 2.42 bits per heavy atom. The number of allylic oxidation sites excluding steroid dienone is 1. The summed E-state index contributed by atoms with van der Waals surface area (Å²) >= 11 is 0. The van der Waals surface area contributed by atoms with Crippen LogP contribution in [0.3, 0.4) is 0 Å². The third-order valence-electron chi connectivity index (χ3n) is 16.2. The van der Waals surface area contributed by atoms with E-state index in [1.807, 2.05) is 11.7 Å². The van der Waals surface area contributed by atoms with Gasteiger partial charge in [0.05, 0.1) is 41.2 Å². The van der Waals surface area contributed by atoms with E-state index in [9.17, 15) is 19.1 Å². The van der Waals surface area contributed by atoms with Crippen LogP contribution in [0.1, 0.15) is 80.0 Å². The number of rotatable bonds is 11. The van der Waals surface area contributed by atoms with Gasteiger partial charge in [-0.2, -0.15) is 15.1 Å². The van der Waals surface area contributed by atoms with E-state index < -0.39 is 11.6 Å². The molecule has 6 aliphatic rings. The Labute approximate surface area is 424 Å². The molecule has 0 spiro atoms. The number of ether oxygens (including phenoxy) is 1. The lowest BCUT2D eigenvalue weighted by molar-refractivity contribution is -0.123. The number of piperidine rings is 2. The first-order valence-electron chi connectivity index (χ1n) is 25.8. The maximum absolute atomic E-state index is 16.8. The number of aromatic hydroxyl groups is 1. The molecule has 6 aromatic rings. The lowest BCUT2D eigenvalue weighted by Gasteiger charge is -2.35. The second-order valence-electron chi connectivity index (χ2n) is 21.3. The third kappa shape index (κ3) is 9.85. The molecule has 17 heteroatoms. The SMILES string of the molecule is C#Cc1c(F)ccc2cc(O)cc(-c3ncc4c(N5CC6CCC(C5)N6)nc(OCC5(CN6CCN(C)CC6)CC5)nc4c3F)c12.C=C1CCC(c2nn(C)c3cc(C4CCN(CC=O)CC4)ccc23)C(=O)N1. The zero-order valence-electron chi connectivity index (χ0n) is 41.7. The van der Waals surface area contributed by atoms with E-state index in [4.69, 9.17) is 21.2 Å². The predicted molar refractivity (Wildman–Crippen MR) is 277 cm³/mol. The van der Waals surface area contributed by atoms with Gasteiger partial charge in [0.25, 0.3) is 0 Å². The molecule has 0 radical (unpaired) electrons. The number of nitrogens with one attached hydrogen (secondary N) is 2. The second kappa shape index (κ2) is 20.0. The van der Waals surface area contributed by atoms with Crippen molar-refractivity contribution >= 4 is 50.6 Å². The summed E-state index contributed by atoms with van der Waals surface area (Å²) in [5, 5.41) is 24.1. The Morgan fingerprint density at radius 2 is 1.71 bits per heavy atom. The fourth-order valence-corrected chi connectivity index (χ4v) is 11.9. The highest BCUT2D eigenvalue weighted by molar-refractivity contribution is 6.03. The topological polar surface area (TPSA) is 157 Å². The highest BCUT2D eigenvalue weighted by Gasteiger charge is 2.45. The van der Waals surface area contributed by atoms with Gasteiger partial charge in [-0.05, 0) is 113 Å². The smallest absolute Gasteiger partial charge is 0.319 e. The van der Waals surface area contributed by atoms with Gasteiger partial charge in [0, 0.05) is 98.6 Å². The largest absolute Gasteiger partial charge is 0.508 e. The predicted octanol–water partition coefficient (Wildman–Crippen LogP) is 6.62. The van der Waals surface area contributed by atoms with Crippen LogP contribution in [-0.2, 0) is 16.6 Å². The highest BCUT2D eigenvalue weighted by Crippen LogP contribution is 2.47. The lowest BCUT2D eigenvalue weighted by Crippen LogP contribution is -2.51. The molecule has 1 aliphatic carbocycles. The van der Waals surface area contributed by atoms with E-state index >= 15 is 4.39 Å². The maximum Gasteiger partial charge on any atom is 0.319 e. The zero-order chi connectivity index (χ0) is 50.5. The average molecular weight is 992 g/mol. The number of carbonyl (C=O) groups excluding carboxylic acids is 2. The number of pyridine rings is 1. The van der Waals surface area contributed by atoms with Crippen LogP contribution in [0.25, 0.3) is 43.8 Å². The summed E-state index contributed by atoms with van der Waals surface area (Å²) in [6.45, 7) is 13.4. The molecule has 380 valence electrons. The summed E-state index contributed by atoms with van der Waals surface area (Å²) in [4.78, 5) is 46.4. The van der Waals surface area contributed by atoms with E-state index in [0.29, 0.717) is 53.1 Å². The Morgan fingerprint density at radius 1 is 0.945 bits per heavy atom. The number of phenols is 1. The number of fused-ring (bicyclic) bond motifs is 5. The first-order valence-corrected chi connectivity index (χ1v) is 25.8. The molecular formula is C56H63F2N11O4. The molecule has 3 aromatic heterocycles. The van der Waals surface area contributed by atoms with Crippen molar-refractivity contribution in [3.05, 3.63) is 89.4 Å². The number of phenolic OH excluding ortho intramolecular Hbond substituents is 1. The fourth-order valence-electron chi connectivity index (χ4n) is 11.9. The number of aldehydes is 1. The maximum atomic E-state index is 16.8. The summed E-state index contributed by atoms with van der Waals surface area (Å²) < 4.78 is 39.9. The molecule has 8 heterocycles. The Balaban J connectivity index is 0.000000181. The molecule has 3 atom stereocenters. The molecule has 73 heavy (non-hydrogen) atoms. The number of likely N-dealkylation sites (N-methyl/N-ethyl adjacent to an activating group) is 1. The molecule has 2 bridgehead atoms. The molecule has 3 aromatic carbocycles. The van der Waals surface area contributed by atoms with E-state index in [-0.39, 0.29) is 51.3 Å². The van der Waals surface area contributed by atoms with Crippen molar-refractivity contribution in [1.29, 1.82) is 0 Å². The van der Waals surface area contributed by atoms with E-state index in [1.165, 1.54) is 29.8 Å². The van der Waals surface area contributed by atoms with Crippen molar-refractivity contribution in [2.75, 3.05) is 84.0 Å². The van der Waals surface area contributed by atoms with Crippen LogP contribution in [0, 0.1) is 29.4 Å². The van der Waals surface area contributed by atoms with E-state index in [0.717, 1.165) is 139 Å². The van der Waals surface area contributed by atoms with Crippen LogP contribution in [0.15, 0.2) is 60.9 Å². The van der Waals surface area contributed by atoms with Gasteiger partial charge in [-0.3, -0.25) is 19.4 Å². The zero-order valence-corrected chi connectivity index (χ0v) is 41.7. The van der Waals surface area contributed by atoms with Crippen molar-refractivity contribution in [3.63, 3.8) is 0 Å². The van der Waals surface area contributed by atoms with Gasteiger partial charge in [0.2, 0.25) is 5.91 Å². The number of hydrogen-bond acceptors (Lipinski definition) is 13. The molecule has 5 saturated heterocycles. The molecule has 5 aliphatic heterocycles. The fraction of sp³-hybridized carbons (Fsp3) is 0.464. The molecule has 3 N–H and O–H groups in total. The third-order valence-corrected chi connectivity index (χ3v) is 16.2. The van der Waals surface area contributed by atoms with Crippen LogP contribution in [0.2, 0.25) is 0 Å². The van der Waals surface area contributed by atoms with Gasteiger partial charge in [-0.25, -0.2) is 8.78 Å². The standard InChI is InChI=1S/C35H37F2N7O2.C21H26N4O2/c1-3-25-28(36)7-4-21-14-24(45)15-26(29(21)25)31-30(37)32-27(16-38-31)33(44-17-22-5-6-23(18-44)39-22)41-34(40-32)46-20-35(8-9-35)19-43-12-10-42(2)11-13-43;1-14-3-5-18(21(27)22-14)20-17-6-4-16(13-19(17)24(2)23-20)15-7-9-25(10-8-15)11-12-26/h1,4,7,14-16,22-23,39,45H,5-6,8-13,17-20H2,2H3;4,6,12-13,15,18H,1,3,5,7-11H2,2H3,(H,22,27). The summed E-state index contributed by atoms with van der Waals surface area (Å²) in [5.41, 5.74) is 4.25. The molecule has 1 amide bonds. The molecular weight excluding hydrogens is 929 g/mol. The van der Waals surface area contributed by atoms with Crippen molar-refractivity contribution in [2.24, 2.45) is 12.5 Å². The van der Waals surface area contributed by atoms with Gasteiger partial charge in [0.1, 0.15) is 34.9 Å². The number of nitrogens with zero attached hydrogens (tertiary/aromatic N) is 9. The number of terminal acetylenes is 1. The number of piperazine rings is 2. The Kier molecular flexibility index (Phi) is 13.4. The summed E-state index contributed by atoms with van der Waals surface area (Å²) in [6.07, 6.45) is 16.2. The van der Waals surface area contributed by atoms with Crippen LogP contribution in [0.4, 0.5) is 14.6 Å². The highest BCUT2D eigenvalue weighted by atomic mass is 19.1. The van der Waals surface area contributed by atoms with Crippen LogP contribution >= 0.6 is 0 Å². The molecule has 15 nitrogen and oxygen atoms in total. The number of likely N-dealkylation sites (tertiary alicyclic amines) is 1. The summed E-state index contributed by atoms with van der Waals surface area (Å²) in [6, 6.07) is 12.9. The van der Waals surface area contributed by atoms with Crippen molar-refractivity contribution < 1.29 is 28.2 Å². The first-order chi connectivity index (χ1) is 35.3. The van der Waals surface area contributed by atoms with Crippen LogP contribution < -0.4 is 20.3 Å². The average Bonchev–Trinajstić information content (AvgIpc) is 3.97. The Bertz CT molecular complexity index is 3160. The van der Waals surface area contributed by atoms with E-state index in [2.05, 4.69) is 77.9 Å². The minimum absolute atomic E-state index is 0.00197. The van der Waals surface area contributed by atoms with E-state index in [1.54, 1.807) is 6.20 Å². The Hall–Kier alpha value is -6.58. The first kappa shape index (κ1) is 48.7. The number of amides is 1. The van der Waals surface area contributed by atoms with Crippen LogP contribution in [0.5, 0.6) is 11.8 Å². The van der Waals surface area contributed by atoms with Gasteiger partial charge in [0.15, 0.2) is 5.82 Å². The minimum atomic E-state index is -0.707. The molecule has 3 unspecified atom stereocenters. The number of aromatic nitrogens is 5. The van der Waals surface area contributed by atoms with Gasteiger partial charge in [-0.1, -0.05) is 30.7 Å². The summed E-state index contributed by atoms with van der Waals surface area (Å²) in [5.74, 6) is 1.86. The summed E-state index contributed by atoms with van der Waals surface area (Å²) in [7, 11) is 4.10. The number of hydrogen-bond donors (Lipinski definition) is 3. The van der Waals surface area contributed by atoms with Crippen molar-refractivity contribution in [3.8, 4) is 35.4 Å². The number of benzene rings is 3.